The predicted octanol–water partition coefficient (Wildman–Crippen LogP) is 2.92. The molecule has 0 saturated heterocycles. The maximum Gasteiger partial charge on any atom is 0.432 e. The van der Waals surface area contributed by atoms with Gasteiger partial charge in [-0.25, -0.2) is 0 Å². The van der Waals surface area contributed by atoms with Crippen molar-refractivity contribution in [3.8, 4) is 0 Å². The number of allylic oxidation sites excluding steroid dienone is 2. The second-order valence-electron chi connectivity index (χ2n) is 3.07. The van der Waals surface area contributed by atoms with Crippen molar-refractivity contribution < 1.29 is 13.2 Å². The predicted molar refractivity (Wildman–Crippen MR) is 40.3 cm³/mol. The lowest BCUT2D eigenvalue weighted by Gasteiger charge is -2.04. The van der Waals surface area contributed by atoms with Crippen molar-refractivity contribution in [3.05, 3.63) is 11.6 Å². The van der Waals surface area contributed by atoms with E-state index in [0.29, 0.717) is 11.5 Å². The summed E-state index contributed by atoms with van der Waals surface area (Å²) in [4.78, 5) is 0. The van der Waals surface area contributed by atoms with Crippen molar-refractivity contribution in [2.24, 2.45) is 5.92 Å². The number of rotatable bonds is 2. The Labute approximate surface area is 68.8 Å². The van der Waals surface area contributed by atoms with Crippen LogP contribution in [0.1, 0.15) is 19.8 Å². The van der Waals surface area contributed by atoms with E-state index in [0.717, 1.165) is 18.9 Å². The highest BCUT2D eigenvalue weighted by Crippen LogP contribution is 2.36. The van der Waals surface area contributed by atoms with Crippen LogP contribution >= 0.6 is 0 Å². The summed E-state index contributed by atoms with van der Waals surface area (Å²) in [6, 6.07) is 0. The highest BCUT2D eigenvalue weighted by molar-refractivity contribution is 5.97. The fourth-order valence-electron chi connectivity index (χ4n) is 0.966. The van der Waals surface area contributed by atoms with Gasteiger partial charge < -0.3 is 0 Å². The van der Waals surface area contributed by atoms with Gasteiger partial charge in [0.05, 0.1) is 0 Å². The van der Waals surface area contributed by atoms with Gasteiger partial charge in [0.25, 0.3) is 0 Å². The van der Waals surface area contributed by atoms with E-state index in [1.165, 1.54) is 0 Å². The van der Waals surface area contributed by atoms with Gasteiger partial charge >= 0.3 is 6.18 Å². The Morgan fingerprint density at radius 1 is 1.42 bits per heavy atom. The summed E-state index contributed by atoms with van der Waals surface area (Å²) in [5.74, 6) is 0.299. The molecular formula is C8H10F3N. The summed E-state index contributed by atoms with van der Waals surface area (Å²) in [6.45, 7) is 1.65. The van der Waals surface area contributed by atoms with Gasteiger partial charge in [0, 0.05) is 0 Å². The van der Waals surface area contributed by atoms with Crippen LogP contribution in [0.2, 0.25) is 0 Å². The summed E-state index contributed by atoms with van der Waals surface area (Å²) in [5.41, 5.74) is -0.566. The molecule has 0 spiro atoms. The van der Waals surface area contributed by atoms with Crippen LogP contribution in [0.4, 0.5) is 13.2 Å². The van der Waals surface area contributed by atoms with Gasteiger partial charge in [0.15, 0.2) is 0 Å². The molecule has 1 saturated carbocycles. The van der Waals surface area contributed by atoms with E-state index in [1.54, 1.807) is 6.92 Å². The lowest BCUT2D eigenvalue weighted by Crippen LogP contribution is -2.19. The Kier molecular flexibility index (Phi) is 2.26. The molecule has 1 fully saturated rings. The standard InChI is InChI=1S/C8H10F3N/c1-5(6-2-3-6)4-7(12)8(9,10)11/h4,6,12H,2-3H2,1H3/b5-4+,12-7?. The lowest BCUT2D eigenvalue weighted by atomic mass is 10.1. The molecule has 0 aromatic heterocycles. The van der Waals surface area contributed by atoms with Crippen LogP contribution in [0.25, 0.3) is 0 Å². The van der Waals surface area contributed by atoms with E-state index in [-0.39, 0.29) is 0 Å². The minimum Gasteiger partial charge on any atom is -0.296 e. The number of hydrogen-bond acceptors (Lipinski definition) is 1. The van der Waals surface area contributed by atoms with Gasteiger partial charge in [0.2, 0.25) is 0 Å². The fourth-order valence-corrected chi connectivity index (χ4v) is 0.966. The van der Waals surface area contributed by atoms with Crippen molar-refractivity contribution >= 4 is 5.71 Å². The van der Waals surface area contributed by atoms with Crippen molar-refractivity contribution in [3.63, 3.8) is 0 Å². The highest BCUT2D eigenvalue weighted by Gasteiger charge is 2.34. The summed E-state index contributed by atoms with van der Waals surface area (Å²) >= 11 is 0. The van der Waals surface area contributed by atoms with Gasteiger partial charge in [-0.1, -0.05) is 5.57 Å². The zero-order chi connectivity index (χ0) is 9.35. The number of alkyl halides is 3. The van der Waals surface area contributed by atoms with Gasteiger partial charge in [-0.05, 0) is 31.8 Å². The summed E-state index contributed by atoms with van der Waals surface area (Å²) < 4.78 is 35.5. The average molecular weight is 177 g/mol. The molecule has 0 aromatic carbocycles. The third kappa shape index (κ3) is 2.36. The molecule has 0 heterocycles. The highest BCUT2D eigenvalue weighted by atomic mass is 19.4. The molecule has 1 aliphatic rings. The third-order valence-corrected chi connectivity index (χ3v) is 1.90. The van der Waals surface area contributed by atoms with Crippen molar-refractivity contribution in [1.29, 1.82) is 5.41 Å². The summed E-state index contributed by atoms with van der Waals surface area (Å²) in [6.07, 6.45) is -1.63. The monoisotopic (exact) mass is 177 g/mol. The number of hydrogen-bond donors (Lipinski definition) is 1. The normalized spacial score (nSPS) is 19.5. The number of halogens is 3. The second-order valence-corrected chi connectivity index (χ2v) is 3.07. The molecule has 1 aliphatic carbocycles. The van der Waals surface area contributed by atoms with Gasteiger partial charge in [-0.2, -0.15) is 13.2 Å². The molecule has 0 aromatic rings. The van der Waals surface area contributed by atoms with Crippen LogP contribution in [0, 0.1) is 11.3 Å². The van der Waals surface area contributed by atoms with Crippen LogP contribution < -0.4 is 0 Å². The first-order valence-corrected chi connectivity index (χ1v) is 3.75. The topological polar surface area (TPSA) is 23.9 Å². The summed E-state index contributed by atoms with van der Waals surface area (Å²) in [5, 5.41) is 6.69. The van der Waals surface area contributed by atoms with Gasteiger partial charge in [-0.15, -0.1) is 0 Å². The number of nitrogens with one attached hydrogen (secondary N) is 1. The molecule has 4 heteroatoms. The van der Waals surface area contributed by atoms with Crippen molar-refractivity contribution in [1.82, 2.24) is 0 Å². The van der Waals surface area contributed by atoms with E-state index in [1.807, 2.05) is 0 Å². The first kappa shape index (κ1) is 9.29. The van der Waals surface area contributed by atoms with E-state index in [2.05, 4.69) is 0 Å². The second kappa shape index (κ2) is 2.92. The largest absolute Gasteiger partial charge is 0.432 e. The smallest absolute Gasteiger partial charge is 0.296 e. The maximum atomic E-state index is 11.8. The minimum atomic E-state index is -4.49. The molecule has 0 aliphatic heterocycles. The molecule has 12 heavy (non-hydrogen) atoms. The first-order chi connectivity index (χ1) is 5.41. The Balaban J connectivity index is 2.59. The SMILES string of the molecule is C/C(=C\C(=N)C(F)(F)F)C1CC1. The van der Waals surface area contributed by atoms with E-state index in [4.69, 9.17) is 5.41 Å². The zero-order valence-electron chi connectivity index (χ0n) is 6.70. The molecule has 1 nitrogen and oxygen atoms in total. The molecular weight excluding hydrogens is 167 g/mol. The molecule has 0 unspecified atom stereocenters. The Morgan fingerprint density at radius 3 is 2.25 bits per heavy atom. The van der Waals surface area contributed by atoms with Crippen molar-refractivity contribution in [2.45, 2.75) is 25.9 Å². The molecule has 1 N–H and O–H groups in total. The molecule has 0 bridgehead atoms. The molecule has 0 amide bonds. The Morgan fingerprint density at radius 2 is 1.92 bits per heavy atom. The third-order valence-electron chi connectivity index (χ3n) is 1.90. The quantitative estimate of drug-likeness (QED) is 0.627. The minimum absolute atomic E-state index is 0.299. The average Bonchev–Trinajstić information content (AvgIpc) is 2.65. The van der Waals surface area contributed by atoms with Gasteiger partial charge in [0.1, 0.15) is 5.71 Å². The zero-order valence-corrected chi connectivity index (χ0v) is 6.70. The van der Waals surface area contributed by atoms with Crippen LogP contribution in [0.5, 0.6) is 0 Å². The first-order valence-electron chi connectivity index (χ1n) is 3.75. The van der Waals surface area contributed by atoms with Crippen LogP contribution in [-0.4, -0.2) is 11.9 Å². The lowest BCUT2D eigenvalue weighted by molar-refractivity contribution is -0.0584. The Hall–Kier alpha value is -0.800. The van der Waals surface area contributed by atoms with Crippen LogP contribution in [-0.2, 0) is 0 Å². The molecule has 0 radical (unpaired) electrons. The van der Waals surface area contributed by atoms with E-state index < -0.39 is 11.9 Å². The molecule has 1 rings (SSSR count). The van der Waals surface area contributed by atoms with Crippen LogP contribution in [0.15, 0.2) is 11.6 Å². The molecule has 0 atom stereocenters. The molecule has 68 valence electrons. The van der Waals surface area contributed by atoms with Crippen molar-refractivity contribution in [2.75, 3.05) is 0 Å². The van der Waals surface area contributed by atoms with E-state index in [9.17, 15) is 13.2 Å². The van der Waals surface area contributed by atoms with Gasteiger partial charge in [-0.3, -0.25) is 5.41 Å². The van der Waals surface area contributed by atoms with E-state index >= 15 is 0 Å². The van der Waals surface area contributed by atoms with Crippen LogP contribution in [0.3, 0.4) is 0 Å². The fraction of sp³-hybridized carbons (Fsp3) is 0.625. The summed E-state index contributed by atoms with van der Waals surface area (Å²) in [7, 11) is 0. The Bertz CT molecular complexity index is 223. The maximum absolute atomic E-state index is 11.8.